The highest BCUT2D eigenvalue weighted by Crippen LogP contribution is 2.52. The fraction of sp³-hybridized carbons (Fsp3) is 0.375. The molecule has 2 aromatic carbocycles. The number of ether oxygens (including phenoxy) is 6. The van der Waals surface area contributed by atoms with Crippen molar-refractivity contribution < 1.29 is 33.2 Å². The third-order valence-corrected chi connectivity index (χ3v) is 6.07. The number of hydrogen-bond acceptors (Lipinski definition) is 7. The molecule has 5 rings (SSSR count). The molecule has 0 aliphatic carbocycles. The van der Waals surface area contributed by atoms with Gasteiger partial charge < -0.3 is 28.4 Å². The van der Waals surface area contributed by atoms with E-state index in [4.69, 9.17) is 28.4 Å². The highest BCUT2D eigenvalue weighted by molar-refractivity contribution is 6.08. The lowest BCUT2D eigenvalue weighted by Crippen LogP contribution is -2.58. The van der Waals surface area contributed by atoms with Crippen LogP contribution in [0.3, 0.4) is 0 Å². The average Bonchev–Trinajstić information content (AvgIpc) is 2.76. The average molecular weight is 424 g/mol. The van der Waals surface area contributed by atoms with Crippen LogP contribution in [0.2, 0.25) is 0 Å². The number of carbonyl (C=O) groups is 1. The van der Waals surface area contributed by atoms with Crippen LogP contribution in [0, 0.1) is 0 Å². The molecule has 0 spiro atoms. The van der Waals surface area contributed by atoms with E-state index in [1.54, 1.807) is 38.5 Å². The molecule has 7 heteroatoms. The topological polar surface area (TPSA) is 72.5 Å². The van der Waals surface area contributed by atoms with E-state index in [1.165, 1.54) is 7.11 Å². The quantitative estimate of drug-likeness (QED) is 0.743. The molecule has 0 N–H and O–H groups in total. The fourth-order valence-electron chi connectivity index (χ4n) is 4.52. The van der Waals surface area contributed by atoms with Crippen LogP contribution < -0.4 is 23.7 Å². The summed E-state index contributed by atoms with van der Waals surface area (Å²) in [5, 5.41) is 0. The molecule has 3 aliphatic rings. The smallest absolute Gasteiger partial charge is 0.207 e. The highest BCUT2D eigenvalue weighted by Gasteiger charge is 2.58. The van der Waals surface area contributed by atoms with Crippen molar-refractivity contribution in [3.63, 3.8) is 0 Å². The Morgan fingerprint density at radius 2 is 1.77 bits per heavy atom. The lowest BCUT2D eigenvalue weighted by molar-refractivity contribution is -0.102. The molecule has 0 bridgehead atoms. The van der Waals surface area contributed by atoms with Gasteiger partial charge in [0.15, 0.2) is 23.2 Å². The maximum Gasteiger partial charge on any atom is 0.207 e. The van der Waals surface area contributed by atoms with Crippen molar-refractivity contribution in [1.82, 2.24) is 0 Å². The molecule has 162 valence electrons. The van der Waals surface area contributed by atoms with E-state index in [2.05, 4.69) is 0 Å². The minimum Gasteiger partial charge on any atom is -0.493 e. The van der Waals surface area contributed by atoms with Gasteiger partial charge in [0.05, 0.1) is 25.3 Å². The van der Waals surface area contributed by atoms with Crippen LogP contribution in [-0.4, -0.2) is 45.4 Å². The van der Waals surface area contributed by atoms with E-state index < -0.39 is 17.3 Å². The number of Topliss-reactive ketones (excluding diaryl/α,β-unsaturated/α-hetero) is 1. The van der Waals surface area contributed by atoms with E-state index >= 15 is 0 Å². The third kappa shape index (κ3) is 2.66. The van der Waals surface area contributed by atoms with Crippen LogP contribution in [0.25, 0.3) is 6.08 Å². The molecule has 3 heterocycles. The predicted octanol–water partition coefficient (Wildman–Crippen LogP) is 3.77. The third-order valence-electron chi connectivity index (χ3n) is 6.07. The van der Waals surface area contributed by atoms with Crippen molar-refractivity contribution >= 4 is 11.9 Å². The van der Waals surface area contributed by atoms with Crippen LogP contribution in [-0.2, 0) is 10.3 Å². The molecule has 0 saturated heterocycles. The first-order valence-corrected chi connectivity index (χ1v) is 10.1. The van der Waals surface area contributed by atoms with E-state index in [-0.39, 0.29) is 12.4 Å². The maximum absolute atomic E-state index is 13.9. The molecular formula is C24H24O7. The Morgan fingerprint density at radius 1 is 1.03 bits per heavy atom. The van der Waals surface area contributed by atoms with Crippen LogP contribution in [0.4, 0.5) is 0 Å². The van der Waals surface area contributed by atoms with E-state index in [0.717, 1.165) is 5.56 Å². The van der Waals surface area contributed by atoms with Gasteiger partial charge in [-0.05, 0) is 44.2 Å². The molecule has 0 saturated carbocycles. The second kappa shape index (κ2) is 6.65. The Bertz CT molecular complexity index is 1120. The highest BCUT2D eigenvalue weighted by atomic mass is 16.6. The second-order valence-corrected chi connectivity index (χ2v) is 8.28. The maximum atomic E-state index is 13.9. The van der Waals surface area contributed by atoms with E-state index in [0.29, 0.717) is 39.9 Å². The molecule has 0 aromatic heterocycles. The zero-order chi connectivity index (χ0) is 22.0. The summed E-state index contributed by atoms with van der Waals surface area (Å²) < 4.78 is 35.2. The molecule has 3 aliphatic heterocycles. The summed E-state index contributed by atoms with van der Waals surface area (Å²) in [5.74, 6) is 2.45. The summed E-state index contributed by atoms with van der Waals surface area (Å²) >= 11 is 0. The molecular weight excluding hydrogens is 400 g/mol. The number of benzene rings is 2. The number of carbonyl (C=O) groups excluding carboxylic acids is 1. The lowest BCUT2D eigenvalue weighted by Gasteiger charge is -2.46. The normalized spacial score (nSPS) is 24.4. The number of rotatable bonds is 3. The summed E-state index contributed by atoms with van der Waals surface area (Å²) in [6, 6.07) is 6.97. The molecule has 2 unspecified atom stereocenters. The number of hydrogen-bond donors (Lipinski definition) is 0. The lowest BCUT2D eigenvalue weighted by atomic mass is 9.76. The van der Waals surface area contributed by atoms with Crippen molar-refractivity contribution in [3.8, 4) is 28.7 Å². The SMILES string of the molecule is COc1cc2c(cc1OC)C1(OC)C(=O)c3ccc4c(c3OC1CO2)C=CC(C)(C)O4. The largest absolute Gasteiger partial charge is 0.493 e. The van der Waals surface area contributed by atoms with Crippen molar-refractivity contribution in [2.75, 3.05) is 27.9 Å². The Labute approximate surface area is 180 Å². The van der Waals surface area contributed by atoms with Crippen molar-refractivity contribution in [1.29, 1.82) is 0 Å². The van der Waals surface area contributed by atoms with Gasteiger partial charge in [0.25, 0.3) is 0 Å². The molecule has 2 aromatic rings. The standard InChI is InChI=1S/C24H24O7/c1-23(2)9-8-13-16(31-23)7-6-14-21(13)30-20-12-29-17-11-19(27-4)18(26-3)10-15(17)24(20,28-5)22(14)25/h6-11,20H,12H2,1-5H3. The van der Waals surface area contributed by atoms with Gasteiger partial charge in [-0.3, -0.25) is 4.79 Å². The van der Waals surface area contributed by atoms with Gasteiger partial charge in [-0.1, -0.05) is 0 Å². The first-order valence-electron chi connectivity index (χ1n) is 10.1. The minimum atomic E-state index is -1.37. The number of fused-ring (bicyclic) bond motifs is 6. The van der Waals surface area contributed by atoms with Gasteiger partial charge in [0.2, 0.25) is 5.78 Å². The van der Waals surface area contributed by atoms with Crippen molar-refractivity contribution in [3.05, 3.63) is 47.0 Å². The zero-order valence-electron chi connectivity index (χ0n) is 18.1. The van der Waals surface area contributed by atoms with Gasteiger partial charge in [-0.2, -0.15) is 0 Å². The van der Waals surface area contributed by atoms with E-state index in [1.807, 2.05) is 26.0 Å². The summed E-state index contributed by atoms with van der Waals surface area (Å²) in [6.07, 6.45) is 3.21. The molecule has 0 radical (unpaired) electrons. The van der Waals surface area contributed by atoms with Gasteiger partial charge >= 0.3 is 0 Å². The van der Waals surface area contributed by atoms with Crippen molar-refractivity contribution in [2.24, 2.45) is 0 Å². The summed E-state index contributed by atoms with van der Waals surface area (Å²) in [7, 11) is 4.60. The molecule has 0 amide bonds. The predicted molar refractivity (Wildman–Crippen MR) is 113 cm³/mol. The Morgan fingerprint density at radius 3 is 2.48 bits per heavy atom. The van der Waals surface area contributed by atoms with E-state index in [9.17, 15) is 4.79 Å². The van der Waals surface area contributed by atoms with Crippen LogP contribution >= 0.6 is 0 Å². The number of ketones is 1. The summed E-state index contributed by atoms with van der Waals surface area (Å²) in [6.45, 7) is 4.09. The van der Waals surface area contributed by atoms with Gasteiger partial charge in [-0.25, -0.2) is 0 Å². The van der Waals surface area contributed by atoms with Gasteiger partial charge in [-0.15, -0.1) is 0 Å². The second-order valence-electron chi connectivity index (χ2n) is 8.28. The van der Waals surface area contributed by atoms with Crippen molar-refractivity contribution in [2.45, 2.75) is 31.2 Å². The fourth-order valence-corrected chi connectivity index (χ4v) is 4.52. The first kappa shape index (κ1) is 19.8. The molecule has 2 atom stereocenters. The van der Waals surface area contributed by atoms with Crippen LogP contribution in [0.5, 0.6) is 28.7 Å². The van der Waals surface area contributed by atoms with Crippen LogP contribution in [0.15, 0.2) is 30.3 Å². The Kier molecular flexibility index (Phi) is 4.24. The molecule has 31 heavy (non-hydrogen) atoms. The van der Waals surface area contributed by atoms with Gasteiger partial charge in [0.1, 0.15) is 29.5 Å². The van der Waals surface area contributed by atoms with Gasteiger partial charge in [0, 0.05) is 18.7 Å². The van der Waals surface area contributed by atoms with Crippen LogP contribution in [0.1, 0.15) is 35.3 Å². The summed E-state index contributed by atoms with van der Waals surface area (Å²) in [4.78, 5) is 13.9. The first-order chi connectivity index (χ1) is 14.8. The minimum absolute atomic E-state index is 0.140. The zero-order valence-corrected chi connectivity index (χ0v) is 18.1. The molecule has 0 fully saturated rings. The Balaban J connectivity index is 1.69. The number of methoxy groups -OCH3 is 3. The molecule has 7 nitrogen and oxygen atoms in total. The Hall–Kier alpha value is -3.19. The monoisotopic (exact) mass is 424 g/mol. The summed E-state index contributed by atoms with van der Waals surface area (Å²) in [5.41, 5.74) is -0.0726.